The second kappa shape index (κ2) is 14.1. The fourth-order valence-corrected chi connectivity index (χ4v) is 5.56. The normalized spacial score (nSPS) is 23.4. The molecule has 8 heteroatoms. The van der Waals surface area contributed by atoms with Crippen LogP contribution < -0.4 is 10.2 Å². The van der Waals surface area contributed by atoms with Gasteiger partial charge in [0.05, 0.1) is 0 Å². The van der Waals surface area contributed by atoms with Crippen LogP contribution in [0, 0.1) is 0 Å². The highest BCUT2D eigenvalue weighted by Gasteiger charge is 2.34. The van der Waals surface area contributed by atoms with E-state index in [1.54, 1.807) is 7.11 Å². The van der Waals surface area contributed by atoms with Gasteiger partial charge in [-0.3, -0.25) is 9.69 Å². The number of hydrogen-bond donors (Lipinski definition) is 1. The SMILES string of the molecule is CCC(C)N1CC(C)N(c2ncc(C3CCN(CCCCNC(=O)COC)CC3)cn2)C(CC)C1. The Kier molecular flexibility index (Phi) is 11.2. The number of amides is 1. The molecule has 2 fully saturated rings. The van der Waals surface area contributed by atoms with E-state index in [0.29, 0.717) is 24.0 Å². The van der Waals surface area contributed by atoms with Crippen LogP contribution in [0.5, 0.6) is 0 Å². The van der Waals surface area contributed by atoms with Gasteiger partial charge in [0.2, 0.25) is 11.9 Å². The Bertz CT molecular complexity index is 753. The number of nitrogens with one attached hydrogen (secondary N) is 1. The van der Waals surface area contributed by atoms with Gasteiger partial charge in [-0.25, -0.2) is 9.97 Å². The number of ether oxygens (including phenoxy) is 1. The smallest absolute Gasteiger partial charge is 0.245 e. The Morgan fingerprint density at radius 2 is 1.89 bits per heavy atom. The molecule has 0 bridgehead atoms. The van der Waals surface area contributed by atoms with E-state index in [9.17, 15) is 4.79 Å². The molecule has 3 unspecified atom stereocenters. The summed E-state index contributed by atoms with van der Waals surface area (Å²) in [4.78, 5) is 28.8. The van der Waals surface area contributed by atoms with Gasteiger partial charge < -0.3 is 19.9 Å². The number of likely N-dealkylation sites (tertiary alicyclic amines) is 1. The number of rotatable bonds is 12. The summed E-state index contributed by atoms with van der Waals surface area (Å²) < 4.78 is 4.84. The van der Waals surface area contributed by atoms with Gasteiger partial charge >= 0.3 is 0 Å². The van der Waals surface area contributed by atoms with Gasteiger partial charge in [-0.1, -0.05) is 13.8 Å². The van der Waals surface area contributed by atoms with E-state index in [1.807, 2.05) is 0 Å². The van der Waals surface area contributed by atoms with Crippen molar-refractivity contribution in [2.24, 2.45) is 0 Å². The third-order valence-electron chi connectivity index (χ3n) is 7.94. The number of methoxy groups -OCH3 is 1. The molecule has 0 aliphatic carbocycles. The van der Waals surface area contributed by atoms with Crippen LogP contribution in [0.25, 0.3) is 0 Å². The minimum atomic E-state index is -0.0328. The Hall–Kier alpha value is -1.77. The van der Waals surface area contributed by atoms with Gasteiger partial charge in [-0.15, -0.1) is 0 Å². The van der Waals surface area contributed by atoms with Crippen LogP contribution >= 0.6 is 0 Å². The molecular formula is C27H48N6O2. The molecule has 1 aromatic heterocycles. The molecule has 0 saturated carbocycles. The average molecular weight is 489 g/mol. The largest absolute Gasteiger partial charge is 0.375 e. The van der Waals surface area contributed by atoms with E-state index < -0.39 is 0 Å². The molecule has 35 heavy (non-hydrogen) atoms. The zero-order chi connectivity index (χ0) is 25.2. The predicted octanol–water partition coefficient (Wildman–Crippen LogP) is 3.29. The lowest BCUT2D eigenvalue weighted by Crippen LogP contribution is -2.60. The zero-order valence-electron chi connectivity index (χ0n) is 22.7. The minimum Gasteiger partial charge on any atom is -0.375 e. The monoisotopic (exact) mass is 488 g/mol. The van der Waals surface area contributed by atoms with Crippen LogP contribution in [0.4, 0.5) is 5.95 Å². The Morgan fingerprint density at radius 1 is 1.17 bits per heavy atom. The standard InChI is InChI=1S/C27H48N6O2/c1-6-21(3)32-18-22(4)33(25(7-2)19-32)27-29-16-24(17-30-27)23-10-14-31(15-11-23)13-9-8-12-28-26(34)20-35-5/h16-17,21-23,25H,6-15,18-20H2,1-5H3,(H,28,34). The van der Waals surface area contributed by atoms with Gasteiger partial charge in [0, 0.05) is 57.3 Å². The molecule has 1 aromatic rings. The molecule has 1 N–H and O–H groups in total. The lowest BCUT2D eigenvalue weighted by Gasteiger charge is -2.47. The van der Waals surface area contributed by atoms with Crippen molar-refractivity contribution in [3.8, 4) is 0 Å². The zero-order valence-corrected chi connectivity index (χ0v) is 22.7. The lowest BCUT2D eigenvalue weighted by atomic mass is 9.91. The van der Waals surface area contributed by atoms with E-state index in [0.717, 1.165) is 77.3 Å². The van der Waals surface area contributed by atoms with Crippen LogP contribution in [0.1, 0.15) is 77.7 Å². The highest BCUT2D eigenvalue weighted by Crippen LogP contribution is 2.29. The van der Waals surface area contributed by atoms with E-state index in [2.05, 4.69) is 60.1 Å². The molecule has 8 nitrogen and oxygen atoms in total. The van der Waals surface area contributed by atoms with Crippen LogP contribution in [-0.4, -0.2) is 96.8 Å². The summed E-state index contributed by atoms with van der Waals surface area (Å²) in [6, 6.07) is 1.52. The van der Waals surface area contributed by atoms with Crippen LogP contribution in [0.15, 0.2) is 12.4 Å². The Labute approximate surface area is 212 Å². The number of piperidine rings is 1. The summed E-state index contributed by atoms with van der Waals surface area (Å²) in [6.07, 6.45) is 10.9. The minimum absolute atomic E-state index is 0.0328. The summed E-state index contributed by atoms with van der Waals surface area (Å²) in [5, 5.41) is 2.89. The molecule has 1 amide bonds. The van der Waals surface area contributed by atoms with Crippen molar-refractivity contribution in [2.45, 2.75) is 90.3 Å². The fourth-order valence-electron chi connectivity index (χ4n) is 5.56. The van der Waals surface area contributed by atoms with E-state index in [-0.39, 0.29) is 12.5 Å². The molecule has 2 saturated heterocycles. The van der Waals surface area contributed by atoms with Crippen molar-refractivity contribution < 1.29 is 9.53 Å². The second-order valence-corrected chi connectivity index (χ2v) is 10.5. The summed E-state index contributed by atoms with van der Waals surface area (Å²) in [5.41, 5.74) is 1.29. The molecule has 2 aliphatic heterocycles. The maximum atomic E-state index is 11.4. The van der Waals surface area contributed by atoms with Gasteiger partial charge in [0.25, 0.3) is 0 Å². The van der Waals surface area contributed by atoms with Crippen molar-refractivity contribution in [2.75, 3.05) is 57.9 Å². The van der Waals surface area contributed by atoms with Crippen molar-refractivity contribution in [1.29, 1.82) is 0 Å². The molecule has 2 aliphatic rings. The molecular weight excluding hydrogens is 440 g/mol. The second-order valence-electron chi connectivity index (χ2n) is 10.5. The number of unbranched alkanes of at least 4 members (excludes halogenated alkanes) is 1. The third kappa shape index (κ3) is 7.86. The van der Waals surface area contributed by atoms with E-state index >= 15 is 0 Å². The predicted molar refractivity (Wildman–Crippen MR) is 142 cm³/mol. The number of hydrogen-bond acceptors (Lipinski definition) is 7. The van der Waals surface area contributed by atoms with Crippen molar-refractivity contribution in [3.05, 3.63) is 18.0 Å². The number of aromatic nitrogens is 2. The molecule has 3 atom stereocenters. The van der Waals surface area contributed by atoms with Gasteiger partial charge in [-0.05, 0) is 83.5 Å². The summed E-state index contributed by atoms with van der Waals surface area (Å²) in [6.45, 7) is 15.6. The molecule has 3 rings (SSSR count). The topological polar surface area (TPSA) is 73.8 Å². The van der Waals surface area contributed by atoms with Crippen molar-refractivity contribution in [1.82, 2.24) is 25.1 Å². The summed E-state index contributed by atoms with van der Waals surface area (Å²) in [5.74, 6) is 1.41. The maximum Gasteiger partial charge on any atom is 0.245 e. The van der Waals surface area contributed by atoms with E-state index in [4.69, 9.17) is 14.7 Å². The Balaban J connectivity index is 1.44. The first-order valence-electron chi connectivity index (χ1n) is 13.8. The number of piperazine rings is 1. The maximum absolute atomic E-state index is 11.4. The van der Waals surface area contributed by atoms with Gasteiger partial charge in [-0.2, -0.15) is 0 Å². The Morgan fingerprint density at radius 3 is 2.51 bits per heavy atom. The number of nitrogens with zero attached hydrogens (tertiary/aromatic N) is 5. The fraction of sp³-hybridized carbons (Fsp3) is 0.815. The number of anilines is 1. The van der Waals surface area contributed by atoms with Crippen LogP contribution in [0.3, 0.4) is 0 Å². The van der Waals surface area contributed by atoms with Gasteiger partial charge in [0.15, 0.2) is 0 Å². The van der Waals surface area contributed by atoms with Crippen molar-refractivity contribution in [3.63, 3.8) is 0 Å². The molecule has 3 heterocycles. The third-order valence-corrected chi connectivity index (χ3v) is 7.94. The number of carbonyl (C=O) groups excluding carboxylic acids is 1. The molecule has 198 valence electrons. The van der Waals surface area contributed by atoms with Crippen LogP contribution in [-0.2, 0) is 9.53 Å². The molecule has 0 aromatic carbocycles. The first-order chi connectivity index (χ1) is 17.0. The highest BCUT2D eigenvalue weighted by molar-refractivity contribution is 5.77. The summed E-state index contributed by atoms with van der Waals surface area (Å²) in [7, 11) is 1.54. The lowest BCUT2D eigenvalue weighted by molar-refractivity contribution is -0.124. The first-order valence-corrected chi connectivity index (χ1v) is 13.8. The molecule has 0 radical (unpaired) electrons. The van der Waals surface area contributed by atoms with E-state index in [1.165, 1.54) is 12.0 Å². The molecule has 0 spiro atoms. The highest BCUT2D eigenvalue weighted by atomic mass is 16.5. The van der Waals surface area contributed by atoms with Crippen molar-refractivity contribution >= 4 is 11.9 Å². The first kappa shape index (κ1) is 27.8. The quantitative estimate of drug-likeness (QED) is 0.453. The van der Waals surface area contributed by atoms with Crippen LogP contribution in [0.2, 0.25) is 0 Å². The average Bonchev–Trinajstić information content (AvgIpc) is 2.88. The van der Waals surface area contributed by atoms with Gasteiger partial charge in [0.1, 0.15) is 6.61 Å². The summed E-state index contributed by atoms with van der Waals surface area (Å²) >= 11 is 0. The number of carbonyl (C=O) groups is 1.